The lowest BCUT2D eigenvalue weighted by atomic mass is 9.93. The first kappa shape index (κ1) is 48.0. The van der Waals surface area contributed by atoms with Gasteiger partial charge >= 0.3 is 5.97 Å². The van der Waals surface area contributed by atoms with Crippen LogP contribution in [-0.2, 0) is 55.1 Å². The predicted molar refractivity (Wildman–Crippen MR) is 258 cm³/mol. The Hall–Kier alpha value is -6.48. The van der Waals surface area contributed by atoms with Crippen LogP contribution in [0, 0.1) is 18.3 Å². The fraction of sp³-hybridized carbons (Fsp3) is 0.260. The quantitative estimate of drug-likeness (QED) is 0.103. The van der Waals surface area contributed by atoms with Crippen molar-refractivity contribution in [2.75, 3.05) is 25.2 Å². The van der Waals surface area contributed by atoms with Gasteiger partial charge in [-0.25, -0.2) is 18.2 Å². The van der Waals surface area contributed by atoms with Crippen molar-refractivity contribution in [3.8, 4) is 34.4 Å². The van der Waals surface area contributed by atoms with Crippen LogP contribution in [-0.4, -0.2) is 67.8 Å². The zero-order valence-corrected chi connectivity index (χ0v) is 40.5. The summed E-state index contributed by atoms with van der Waals surface area (Å²) in [5, 5.41) is 13.1. The predicted octanol–water partition coefficient (Wildman–Crippen LogP) is 8.78. The minimum Gasteiger partial charge on any atom is -0.489 e. The summed E-state index contributed by atoms with van der Waals surface area (Å²) in [6.45, 7) is 5.18. The number of ether oxygens (including phenoxy) is 4. The number of thiazole rings is 1. The van der Waals surface area contributed by atoms with Gasteiger partial charge in [-0.15, -0.1) is 0 Å². The molecule has 2 amide bonds. The Morgan fingerprint density at radius 3 is 2.26 bits per heavy atom. The first-order valence-corrected chi connectivity index (χ1v) is 24.5. The Kier molecular flexibility index (Phi) is 14.4. The number of benzene rings is 5. The number of carbonyl (C=O) groups excluding carboxylic acids is 3. The molecular formula is C50H45Cl2N5O9S2. The van der Waals surface area contributed by atoms with Crippen LogP contribution in [0.15, 0.2) is 107 Å². The maximum atomic E-state index is 14.9. The van der Waals surface area contributed by atoms with E-state index in [2.05, 4.69) is 16.4 Å². The monoisotopic (exact) mass is 993 g/mol. The number of sulfonamides is 1. The second-order valence-electron chi connectivity index (χ2n) is 16.2. The first-order valence-electron chi connectivity index (χ1n) is 21.5. The van der Waals surface area contributed by atoms with Crippen LogP contribution in [0.1, 0.15) is 59.0 Å². The maximum Gasteiger partial charge on any atom is 0.328 e. The summed E-state index contributed by atoms with van der Waals surface area (Å²) in [6, 6.07) is 30.4. The van der Waals surface area contributed by atoms with E-state index in [1.807, 2.05) is 66.7 Å². The fourth-order valence-electron chi connectivity index (χ4n) is 8.07. The third kappa shape index (κ3) is 10.3. The van der Waals surface area contributed by atoms with Gasteiger partial charge < -0.3 is 24.3 Å². The van der Waals surface area contributed by atoms with Crippen LogP contribution in [0.4, 0.5) is 5.13 Å². The topological polar surface area (TPSA) is 177 Å². The molecule has 0 saturated heterocycles. The number of fused-ring (bicyclic) bond motifs is 2. The second kappa shape index (κ2) is 20.4. The molecule has 2 aliphatic heterocycles. The molecule has 68 heavy (non-hydrogen) atoms. The molecule has 3 heterocycles. The molecule has 0 aliphatic carbocycles. The van der Waals surface area contributed by atoms with Crippen molar-refractivity contribution in [3.63, 3.8) is 0 Å². The van der Waals surface area contributed by atoms with Crippen molar-refractivity contribution in [3.05, 3.63) is 152 Å². The average molecular weight is 995 g/mol. The van der Waals surface area contributed by atoms with Crippen LogP contribution < -0.4 is 24.4 Å². The Labute approximate surface area is 408 Å². The Morgan fingerprint density at radius 1 is 0.941 bits per heavy atom. The Bertz CT molecular complexity index is 3030. The normalized spacial score (nSPS) is 15.9. The lowest BCUT2D eigenvalue weighted by Gasteiger charge is -2.36. The summed E-state index contributed by atoms with van der Waals surface area (Å²) in [5.74, 6) is -0.281. The van der Waals surface area contributed by atoms with Gasteiger partial charge in [0.15, 0.2) is 26.9 Å². The number of anilines is 1. The van der Waals surface area contributed by atoms with Gasteiger partial charge in [-0.05, 0) is 108 Å². The number of carbonyl (C=O) groups is 3. The summed E-state index contributed by atoms with van der Waals surface area (Å²) in [4.78, 5) is 46.2. The Morgan fingerprint density at radius 2 is 1.62 bits per heavy atom. The number of nitriles is 1. The molecule has 1 aromatic heterocycles. The highest BCUT2D eigenvalue weighted by atomic mass is 35.5. The van der Waals surface area contributed by atoms with Gasteiger partial charge in [-0.3, -0.25) is 14.5 Å². The number of halogens is 2. The number of amides is 2. The van der Waals surface area contributed by atoms with Crippen molar-refractivity contribution in [1.82, 2.24) is 14.6 Å². The fourth-order valence-corrected chi connectivity index (χ4v) is 11.7. The van der Waals surface area contributed by atoms with Crippen LogP contribution >= 0.6 is 34.5 Å². The number of nitrogens with zero attached hydrogens (tertiary/aromatic N) is 4. The van der Waals surface area contributed by atoms with E-state index >= 15 is 0 Å². The highest BCUT2D eigenvalue weighted by molar-refractivity contribution is 7.91. The lowest BCUT2D eigenvalue weighted by Crippen LogP contribution is -2.56. The molecule has 0 spiro atoms. The van der Waals surface area contributed by atoms with Gasteiger partial charge in [-0.1, -0.05) is 89.1 Å². The molecule has 1 unspecified atom stereocenters. The van der Waals surface area contributed by atoms with Crippen molar-refractivity contribution in [2.24, 2.45) is 0 Å². The zero-order chi connectivity index (χ0) is 48.3. The largest absolute Gasteiger partial charge is 0.489 e. The van der Waals surface area contributed by atoms with Gasteiger partial charge in [-0.2, -0.15) is 9.57 Å². The average Bonchev–Trinajstić information content (AvgIpc) is 3.74. The van der Waals surface area contributed by atoms with Crippen LogP contribution in [0.3, 0.4) is 0 Å². The SMILES string of the molecule is CCN(C(C)=O)c1nc(C)c(S(=O)(=O)N2Cc3cc4c(cc3C[C@H]2C(=O)NC(Cc2ccc(-c3ccc(C#N)cc3)cc2)C(=O)OC)OC[C@H](c2ccc(OCc3ccc(Cl)c(Cl)c3)cc2)O4)s1. The van der Waals surface area contributed by atoms with Crippen LogP contribution in [0.2, 0.25) is 10.0 Å². The molecule has 1 N–H and O–H groups in total. The van der Waals surface area contributed by atoms with Crippen LogP contribution in [0.5, 0.6) is 17.2 Å². The second-order valence-corrected chi connectivity index (χ2v) is 20.0. The van der Waals surface area contributed by atoms with Gasteiger partial charge in [0.1, 0.15) is 31.0 Å². The molecule has 6 aromatic rings. The van der Waals surface area contributed by atoms with Gasteiger partial charge in [0.2, 0.25) is 11.8 Å². The van der Waals surface area contributed by atoms with Gasteiger partial charge in [0.25, 0.3) is 10.0 Å². The van der Waals surface area contributed by atoms with Crippen LogP contribution in [0.25, 0.3) is 11.1 Å². The highest BCUT2D eigenvalue weighted by Crippen LogP contribution is 2.43. The smallest absolute Gasteiger partial charge is 0.328 e. The molecule has 350 valence electrons. The lowest BCUT2D eigenvalue weighted by molar-refractivity contribution is -0.145. The number of methoxy groups -OCH3 is 1. The number of hydrogen-bond donors (Lipinski definition) is 1. The van der Waals surface area contributed by atoms with E-state index in [0.717, 1.165) is 37.9 Å². The van der Waals surface area contributed by atoms with E-state index in [9.17, 15) is 28.1 Å². The van der Waals surface area contributed by atoms with E-state index in [1.54, 1.807) is 50.2 Å². The molecule has 0 bridgehead atoms. The van der Waals surface area contributed by atoms with E-state index in [0.29, 0.717) is 49.5 Å². The molecule has 3 atom stereocenters. The third-order valence-corrected chi connectivity index (χ3v) is 16.1. The molecule has 2 aliphatic rings. The molecule has 0 radical (unpaired) electrons. The number of hydrogen-bond acceptors (Lipinski definition) is 12. The number of rotatable bonds is 14. The number of aromatic nitrogens is 1. The van der Waals surface area contributed by atoms with Crippen molar-refractivity contribution in [1.29, 1.82) is 5.26 Å². The van der Waals surface area contributed by atoms with E-state index in [1.165, 1.54) is 18.9 Å². The molecule has 14 nitrogen and oxygen atoms in total. The van der Waals surface area contributed by atoms with E-state index in [4.69, 9.17) is 42.1 Å². The molecular weight excluding hydrogens is 950 g/mol. The zero-order valence-electron chi connectivity index (χ0n) is 37.3. The maximum absolute atomic E-state index is 14.9. The van der Waals surface area contributed by atoms with Gasteiger partial charge in [0.05, 0.1) is 34.5 Å². The Balaban J connectivity index is 1.05. The summed E-state index contributed by atoms with van der Waals surface area (Å²) >= 11 is 13.1. The van der Waals surface area contributed by atoms with E-state index < -0.39 is 40.1 Å². The highest BCUT2D eigenvalue weighted by Gasteiger charge is 2.43. The molecule has 0 fully saturated rings. The summed E-state index contributed by atoms with van der Waals surface area (Å²) in [6.07, 6.45) is -0.530. The minimum absolute atomic E-state index is 0.0473. The molecule has 0 saturated carbocycles. The standard InChI is InChI=1S/C50H45Cl2N5O9S2/c1-5-56(30(3)58)50-54-29(2)49(67-50)68(61,62)57-26-38-24-45-44(65-28-46(66-45)36-15-17-39(18-16-36)64-27-33-10-19-40(51)41(52)20-33)23-37(38)22-43(57)47(59)55-42(48(60)63-4)21-31-6-11-34(12-7-31)35-13-8-32(25-53)9-14-35/h6-20,23-24,42-43,46H,5,21-22,26-28H2,1-4H3,(H,55,59)/t42?,43-,46+/m0/s1. The molecule has 18 heteroatoms. The molecule has 5 aromatic carbocycles. The van der Waals surface area contributed by atoms with Gasteiger partial charge in [0, 0.05) is 26.4 Å². The van der Waals surface area contributed by atoms with Crippen molar-refractivity contribution < 1.29 is 41.7 Å². The number of aryl methyl sites for hydroxylation is 1. The van der Waals surface area contributed by atoms with E-state index in [-0.39, 0.29) is 60.1 Å². The summed E-state index contributed by atoms with van der Waals surface area (Å²) in [7, 11) is -3.26. The molecule has 8 rings (SSSR count). The van der Waals surface area contributed by atoms with Crippen molar-refractivity contribution >= 4 is 67.5 Å². The number of esters is 1. The first-order chi connectivity index (χ1) is 32.6. The number of nitrogens with one attached hydrogen (secondary N) is 1. The summed E-state index contributed by atoms with van der Waals surface area (Å²) in [5.41, 5.74) is 6.12. The third-order valence-electron chi connectivity index (χ3n) is 11.7. The summed E-state index contributed by atoms with van der Waals surface area (Å²) < 4.78 is 54.6. The minimum atomic E-state index is -4.48. The van der Waals surface area contributed by atoms with Crippen molar-refractivity contribution in [2.45, 2.75) is 69.2 Å².